The van der Waals surface area contributed by atoms with Gasteiger partial charge < -0.3 is 5.11 Å². The maximum Gasteiger partial charge on any atom is 0.316 e. The monoisotopic (exact) mass is 232 g/mol. The summed E-state index contributed by atoms with van der Waals surface area (Å²) < 4.78 is 25.9. The molecule has 1 atom stereocenters. The van der Waals surface area contributed by atoms with Gasteiger partial charge in [-0.3, -0.25) is 4.79 Å². The first-order chi connectivity index (χ1) is 7.04. The molecule has 1 rings (SSSR count). The number of carboxylic acid groups (broad SMARTS) is 1. The lowest BCUT2D eigenvalue weighted by Crippen LogP contribution is -2.14. The van der Waals surface area contributed by atoms with Crippen LogP contribution in [0.25, 0.3) is 0 Å². The molecule has 15 heavy (non-hydrogen) atoms. The van der Waals surface area contributed by atoms with E-state index in [4.69, 9.17) is 5.11 Å². The van der Waals surface area contributed by atoms with Crippen LogP contribution >= 0.6 is 11.8 Å². The van der Waals surface area contributed by atoms with Crippen molar-refractivity contribution in [2.24, 2.45) is 0 Å². The maximum absolute atomic E-state index is 13.1. The molecule has 0 amide bonds. The van der Waals surface area contributed by atoms with Crippen molar-refractivity contribution >= 4 is 17.7 Å². The van der Waals surface area contributed by atoms with E-state index in [0.717, 1.165) is 30.0 Å². The molecule has 1 aromatic carbocycles. The Balaban J connectivity index is 2.87. The molecule has 0 aliphatic carbocycles. The van der Waals surface area contributed by atoms with Crippen molar-refractivity contribution in [3.63, 3.8) is 0 Å². The molecule has 0 saturated heterocycles. The molecule has 0 radical (unpaired) electrons. The second kappa shape index (κ2) is 5.11. The Morgan fingerprint density at radius 2 is 2.20 bits per heavy atom. The molecule has 1 N–H and O–H groups in total. The summed E-state index contributed by atoms with van der Waals surface area (Å²) in [7, 11) is 0. The first kappa shape index (κ1) is 12.0. The molecule has 0 aliphatic heterocycles. The molecule has 0 bridgehead atoms. The van der Waals surface area contributed by atoms with E-state index in [1.807, 2.05) is 0 Å². The molecule has 0 saturated carbocycles. The number of carbonyl (C=O) groups is 1. The molecule has 0 aromatic heterocycles. The molecular weight excluding hydrogens is 222 g/mol. The third-order valence-electron chi connectivity index (χ3n) is 1.81. The first-order valence-electron chi connectivity index (χ1n) is 4.39. The summed E-state index contributed by atoms with van der Waals surface area (Å²) >= 11 is 0.823. The van der Waals surface area contributed by atoms with Crippen molar-refractivity contribution in [1.29, 1.82) is 0 Å². The number of aliphatic carboxylic acids is 1. The number of carboxylic acids is 1. The van der Waals surface area contributed by atoms with Crippen LogP contribution in [0.5, 0.6) is 0 Å². The molecule has 0 fully saturated rings. The Kier molecular flexibility index (Phi) is 4.08. The average Bonchev–Trinajstić information content (AvgIpc) is 2.18. The summed E-state index contributed by atoms with van der Waals surface area (Å²) in [6.07, 6.45) is 0.357. The van der Waals surface area contributed by atoms with E-state index in [9.17, 15) is 13.6 Å². The van der Waals surface area contributed by atoms with E-state index in [-0.39, 0.29) is 4.90 Å². The second-order valence-electron chi connectivity index (χ2n) is 2.93. The van der Waals surface area contributed by atoms with Gasteiger partial charge in [-0.1, -0.05) is 6.92 Å². The van der Waals surface area contributed by atoms with Gasteiger partial charge in [0.15, 0.2) is 0 Å². The van der Waals surface area contributed by atoms with Gasteiger partial charge in [-0.25, -0.2) is 8.78 Å². The van der Waals surface area contributed by atoms with Crippen LogP contribution in [-0.4, -0.2) is 16.3 Å². The highest BCUT2D eigenvalue weighted by Crippen LogP contribution is 2.28. The van der Waals surface area contributed by atoms with Crippen LogP contribution in [0.15, 0.2) is 23.1 Å². The lowest BCUT2D eigenvalue weighted by molar-refractivity contribution is -0.136. The minimum absolute atomic E-state index is 0.0317. The third-order valence-corrected chi connectivity index (χ3v) is 3.19. The third kappa shape index (κ3) is 3.20. The van der Waals surface area contributed by atoms with E-state index in [2.05, 4.69) is 0 Å². The fraction of sp³-hybridized carbons (Fsp3) is 0.300. The van der Waals surface area contributed by atoms with Crippen LogP contribution in [0.2, 0.25) is 0 Å². The molecule has 82 valence electrons. The highest BCUT2D eigenvalue weighted by atomic mass is 32.2. The highest BCUT2D eigenvalue weighted by Gasteiger charge is 2.18. The lowest BCUT2D eigenvalue weighted by Gasteiger charge is -2.09. The van der Waals surface area contributed by atoms with Crippen LogP contribution in [-0.2, 0) is 4.79 Å². The SMILES string of the molecule is CCC(Sc1cc(F)ccc1F)C(=O)O. The average molecular weight is 232 g/mol. The lowest BCUT2D eigenvalue weighted by atomic mass is 10.3. The standard InChI is InChI=1S/C10H10F2O2S/c1-2-8(10(13)14)15-9-5-6(11)3-4-7(9)12/h3-5,8H,2H2,1H3,(H,13,14). The predicted octanol–water partition coefficient (Wildman–Crippen LogP) is 2.92. The fourth-order valence-corrected chi connectivity index (χ4v) is 1.96. The molecular formula is C10H10F2O2S. The molecule has 5 heteroatoms. The topological polar surface area (TPSA) is 37.3 Å². The van der Waals surface area contributed by atoms with Crippen LogP contribution in [0.4, 0.5) is 8.78 Å². The van der Waals surface area contributed by atoms with Gasteiger partial charge in [0.1, 0.15) is 16.9 Å². The Hall–Kier alpha value is -1.10. The zero-order valence-electron chi connectivity index (χ0n) is 8.04. The van der Waals surface area contributed by atoms with Crippen molar-refractivity contribution in [1.82, 2.24) is 0 Å². The van der Waals surface area contributed by atoms with Crippen LogP contribution in [0.1, 0.15) is 13.3 Å². The Bertz CT molecular complexity index is 368. The summed E-state index contributed by atoms with van der Waals surface area (Å²) in [4.78, 5) is 10.7. The summed E-state index contributed by atoms with van der Waals surface area (Å²) in [6, 6.07) is 3.00. The normalized spacial score (nSPS) is 12.5. The fourth-order valence-electron chi connectivity index (χ4n) is 1.03. The van der Waals surface area contributed by atoms with Crippen LogP contribution in [0.3, 0.4) is 0 Å². The number of rotatable bonds is 4. The van der Waals surface area contributed by atoms with Crippen molar-refractivity contribution in [2.75, 3.05) is 0 Å². The largest absolute Gasteiger partial charge is 0.480 e. The van der Waals surface area contributed by atoms with Crippen molar-refractivity contribution in [2.45, 2.75) is 23.5 Å². The maximum atomic E-state index is 13.1. The van der Waals surface area contributed by atoms with Gasteiger partial charge in [-0.15, -0.1) is 11.8 Å². The van der Waals surface area contributed by atoms with Gasteiger partial charge >= 0.3 is 5.97 Å². The summed E-state index contributed by atoms with van der Waals surface area (Å²) in [6.45, 7) is 1.68. The number of halogens is 2. The smallest absolute Gasteiger partial charge is 0.316 e. The number of benzene rings is 1. The van der Waals surface area contributed by atoms with Gasteiger partial charge in [0.25, 0.3) is 0 Å². The zero-order chi connectivity index (χ0) is 11.4. The van der Waals surface area contributed by atoms with E-state index < -0.39 is 22.9 Å². The Morgan fingerprint density at radius 3 is 2.73 bits per heavy atom. The van der Waals surface area contributed by atoms with Gasteiger partial charge in [-0.05, 0) is 24.6 Å². The summed E-state index contributed by atoms with van der Waals surface area (Å²) in [5.74, 6) is -2.19. The molecule has 1 aromatic rings. The van der Waals surface area contributed by atoms with Crippen LogP contribution in [0, 0.1) is 11.6 Å². The minimum Gasteiger partial charge on any atom is -0.480 e. The number of hydrogen-bond acceptors (Lipinski definition) is 2. The van der Waals surface area contributed by atoms with E-state index in [1.165, 1.54) is 0 Å². The van der Waals surface area contributed by atoms with Crippen LogP contribution < -0.4 is 0 Å². The van der Waals surface area contributed by atoms with Crippen molar-refractivity contribution in [3.8, 4) is 0 Å². The first-order valence-corrected chi connectivity index (χ1v) is 5.27. The summed E-state index contributed by atoms with van der Waals surface area (Å²) in [5.41, 5.74) is 0. The summed E-state index contributed by atoms with van der Waals surface area (Å²) in [5, 5.41) is 8.01. The Morgan fingerprint density at radius 1 is 1.53 bits per heavy atom. The van der Waals surface area contributed by atoms with Crippen molar-refractivity contribution < 1.29 is 18.7 Å². The molecule has 0 aliphatic rings. The van der Waals surface area contributed by atoms with E-state index >= 15 is 0 Å². The van der Waals surface area contributed by atoms with Crippen molar-refractivity contribution in [3.05, 3.63) is 29.8 Å². The van der Waals surface area contributed by atoms with Gasteiger partial charge in [0.05, 0.1) is 0 Å². The molecule has 2 nitrogen and oxygen atoms in total. The number of thioether (sulfide) groups is 1. The van der Waals surface area contributed by atoms with Gasteiger partial charge in [-0.2, -0.15) is 0 Å². The minimum atomic E-state index is -1.02. The van der Waals surface area contributed by atoms with Gasteiger partial charge in [0, 0.05) is 4.90 Å². The van der Waals surface area contributed by atoms with E-state index in [1.54, 1.807) is 6.92 Å². The van der Waals surface area contributed by atoms with E-state index in [0.29, 0.717) is 6.42 Å². The highest BCUT2D eigenvalue weighted by molar-refractivity contribution is 8.00. The Labute approximate surface area is 90.3 Å². The molecule has 0 heterocycles. The predicted molar refractivity (Wildman–Crippen MR) is 53.9 cm³/mol. The van der Waals surface area contributed by atoms with Gasteiger partial charge in [0.2, 0.25) is 0 Å². The molecule has 1 unspecified atom stereocenters. The quantitative estimate of drug-likeness (QED) is 0.811. The molecule has 0 spiro atoms. The second-order valence-corrected chi connectivity index (χ2v) is 4.17. The zero-order valence-corrected chi connectivity index (χ0v) is 8.85. The number of hydrogen-bond donors (Lipinski definition) is 1.